The number of pyridine rings is 1. The van der Waals surface area contributed by atoms with Crippen molar-refractivity contribution in [2.24, 2.45) is 0 Å². The van der Waals surface area contributed by atoms with Gasteiger partial charge in [-0.15, -0.1) is 0 Å². The van der Waals surface area contributed by atoms with E-state index in [1.54, 1.807) is 12.1 Å². The number of hydrogen-bond donors (Lipinski definition) is 0. The average molecular weight is 354 g/mol. The van der Waals surface area contributed by atoms with E-state index in [1.807, 2.05) is 30.6 Å². The highest BCUT2D eigenvalue weighted by molar-refractivity contribution is 5.48. The molecule has 0 radical (unpaired) electrons. The van der Waals surface area contributed by atoms with Gasteiger partial charge >= 0.3 is 0 Å². The molecule has 0 spiro atoms. The van der Waals surface area contributed by atoms with Gasteiger partial charge in [0.15, 0.2) is 0 Å². The minimum Gasteiger partial charge on any atom is -0.367 e. The largest absolute Gasteiger partial charge is 0.367 e. The molecule has 2 aliphatic heterocycles. The lowest BCUT2D eigenvalue weighted by atomic mass is 10.0. The summed E-state index contributed by atoms with van der Waals surface area (Å²) in [4.78, 5) is 11.6. The van der Waals surface area contributed by atoms with Gasteiger partial charge in [-0.1, -0.05) is 18.2 Å². The summed E-state index contributed by atoms with van der Waals surface area (Å²) in [5, 5.41) is 0. The van der Waals surface area contributed by atoms with Crippen molar-refractivity contribution in [2.45, 2.75) is 25.4 Å². The molecule has 4 nitrogen and oxygen atoms in total. The van der Waals surface area contributed by atoms with Gasteiger partial charge in [0.25, 0.3) is 0 Å². The first kappa shape index (κ1) is 17.4. The van der Waals surface area contributed by atoms with E-state index in [0.717, 1.165) is 45.0 Å². The highest BCUT2D eigenvalue weighted by Crippen LogP contribution is 2.23. The Bertz CT molecular complexity index is 700. The van der Waals surface area contributed by atoms with Crippen molar-refractivity contribution in [1.29, 1.82) is 0 Å². The highest BCUT2D eigenvalue weighted by Gasteiger charge is 2.28. The second-order valence-corrected chi connectivity index (χ2v) is 7.37. The molecule has 1 aromatic carbocycles. The van der Waals surface area contributed by atoms with Crippen LogP contribution in [0.2, 0.25) is 0 Å². The zero-order valence-corrected chi connectivity index (χ0v) is 15.2. The Hall–Kier alpha value is -1.98. The first-order chi connectivity index (χ1) is 12.8. The number of nitrogens with zero attached hydrogens (tertiary/aromatic N) is 4. The fourth-order valence-electron chi connectivity index (χ4n) is 4.26. The Morgan fingerprint density at radius 2 is 1.85 bits per heavy atom. The summed E-state index contributed by atoms with van der Waals surface area (Å²) in [6.45, 7) is 7.11. The molecule has 2 aromatic rings. The van der Waals surface area contributed by atoms with E-state index in [4.69, 9.17) is 0 Å². The van der Waals surface area contributed by atoms with Crippen LogP contribution >= 0.6 is 0 Å². The zero-order valence-electron chi connectivity index (χ0n) is 15.2. The number of rotatable bonds is 4. The maximum absolute atomic E-state index is 14.0. The average Bonchev–Trinajstić information content (AvgIpc) is 2.70. The first-order valence-electron chi connectivity index (χ1n) is 9.64. The normalized spacial score (nSPS) is 22.5. The molecule has 1 atom stereocenters. The standard InChI is InChI=1S/C21H27FN4/c22-20-7-1-2-8-21(20)26-13-11-25(12-14-26)19-6-4-10-24(17-19)16-18-5-3-9-23-15-18/h1-3,5,7-9,15,19H,4,6,10-14,16-17H2. The first-order valence-corrected chi connectivity index (χ1v) is 9.64. The van der Waals surface area contributed by atoms with Gasteiger partial charge in [-0.25, -0.2) is 4.39 Å². The maximum atomic E-state index is 14.0. The Morgan fingerprint density at radius 1 is 1.00 bits per heavy atom. The minimum absolute atomic E-state index is 0.110. The quantitative estimate of drug-likeness (QED) is 0.842. The molecule has 138 valence electrons. The van der Waals surface area contributed by atoms with Crippen molar-refractivity contribution in [2.75, 3.05) is 44.2 Å². The minimum atomic E-state index is -0.110. The third-order valence-corrected chi connectivity index (χ3v) is 5.63. The van der Waals surface area contributed by atoms with E-state index in [-0.39, 0.29) is 5.82 Å². The molecular weight excluding hydrogens is 327 g/mol. The van der Waals surface area contributed by atoms with Crippen molar-refractivity contribution < 1.29 is 4.39 Å². The molecule has 5 heteroatoms. The van der Waals surface area contributed by atoms with Crippen LogP contribution in [0.1, 0.15) is 18.4 Å². The van der Waals surface area contributed by atoms with Gasteiger partial charge in [0.05, 0.1) is 5.69 Å². The van der Waals surface area contributed by atoms with Crippen LogP contribution in [0.3, 0.4) is 0 Å². The molecule has 0 amide bonds. The molecule has 0 aliphatic carbocycles. The van der Waals surface area contributed by atoms with Gasteiger partial charge < -0.3 is 4.90 Å². The smallest absolute Gasteiger partial charge is 0.146 e. The van der Waals surface area contributed by atoms with Crippen LogP contribution < -0.4 is 4.90 Å². The number of halogens is 1. The summed E-state index contributed by atoms with van der Waals surface area (Å²) in [5.74, 6) is -0.110. The van der Waals surface area contributed by atoms with Crippen molar-refractivity contribution in [3.8, 4) is 0 Å². The number of piperazine rings is 1. The Kier molecular flexibility index (Phi) is 5.46. The van der Waals surface area contributed by atoms with Crippen molar-refractivity contribution >= 4 is 5.69 Å². The van der Waals surface area contributed by atoms with Crippen LogP contribution in [0.15, 0.2) is 48.8 Å². The van der Waals surface area contributed by atoms with Crippen LogP contribution in [0, 0.1) is 5.82 Å². The SMILES string of the molecule is Fc1ccccc1N1CCN(C2CCCN(Cc3cccnc3)C2)CC1. The lowest BCUT2D eigenvalue weighted by Crippen LogP contribution is -2.55. The molecule has 1 unspecified atom stereocenters. The van der Waals surface area contributed by atoms with Crippen molar-refractivity contribution in [3.63, 3.8) is 0 Å². The van der Waals surface area contributed by atoms with Gasteiger partial charge in [-0.3, -0.25) is 14.8 Å². The maximum Gasteiger partial charge on any atom is 0.146 e. The summed E-state index contributed by atoms with van der Waals surface area (Å²) in [6, 6.07) is 11.9. The summed E-state index contributed by atoms with van der Waals surface area (Å²) >= 11 is 0. The molecule has 0 bridgehead atoms. The molecule has 2 fully saturated rings. The Labute approximate surface area is 155 Å². The van der Waals surface area contributed by atoms with Gasteiger partial charge in [0.2, 0.25) is 0 Å². The van der Waals surface area contributed by atoms with E-state index in [2.05, 4.69) is 25.8 Å². The second-order valence-electron chi connectivity index (χ2n) is 7.37. The molecule has 2 saturated heterocycles. The second kappa shape index (κ2) is 8.14. The molecule has 4 rings (SSSR count). The fourth-order valence-corrected chi connectivity index (χ4v) is 4.26. The van der Waals surface area contributed by atoms with Crippen LogP contribution in [0.4, 0.5) is 10.1 Å². The third-order valence-electron chi connectivity index (χ3n) is 5.63. The van der Waals surface area contributed by atoms with Crippen LogP contribution in [-0.4, -0.2) is 60.1 Å². The number of benzene rings is 1. The summed E-state index contributed by atoms with van der Waals surface area (Å²) in [6.07, 6.45) is 6.32. The van der Waals surface area contributed by atoms with Gasteiger partial charge in [-0.05, 0) is 43.1 Å². The van der Waals surface area contributed by atoms with E-state index >= 15 is 0 Å². The molecule has 3 heterocycles. The number of likely N-dealkylation sites (tertiary alicyclic amines) is 1. The summed E-state index contributed by atoms with van der Waals surface area (Å²) in [7, 11) is 0. The zero-order chi connectivity index (χ0) is 17.8. The molecule has 26 heavy (non-hydrogen) atoms. The summed E-state index contributed by atoms with van der Waals surface area (Å²) in [5.41, 5.74) is 2.03. The Morgan fingerprint density at radius 3 is 2.62 bits per heavy atom. The predicted molar refractivity (Wildman–Crippen MR) is 103 cm³/mol. The molecule has 1 aromatic heterocycles. The van der Waals surface area contributed by atoms with Crippen LogP contribution in [0.5, 0.6) is 0 Å². The monoisotopic (exact) mass is 354 g/mol. The van der Waals surface area contributed by atoms with Gasteiger partial charge in [0.1, 0.15) is 5.82 Å². The molecule has 2 aliphatic rings. The van der Waals surface area contributed by atoms with Crippen molar-refractivity contribution in [1.82, 2.24) is 14.8 Å². The van der Waals surface area contributed by atoms with E-state index < -0.39 is 0 Å². The number of para-hydroxylation sites is 1. The highest BCUT2D eigenvalue weighted by atomic mass is 19.1. The molecular formula is C21H27FN4. The molecule has 0 saturated carbocycles. The Balaban J connectivity index is 1.32. The lowest BCUT2D eigenvalue weighted by Gasteiger charge is -2.44. The predicted octanol–water partition coefficient (Wildman–Crippen LogP) is 3.01. The number of hydrogen-bond acceptors (Lipinski definition) is 4. The van der Waals surface area contributed by atoms with Crippen LogP contribution in [-0.2, 0) is 6.54 Å². The summed E-state index contributed by atoms with van der Waals surface area (Å²) < 4.78 is 14.0. The fraction of sp³-hybridized carbons (Fsp3) is 0.476. The number of anilines is 1. The van der Waals surface area contributed by atoms with Crippen LogP contribution in [0.25, 0.3) is 0 Å². The number of aromatic nitrogens is 1. The number of piperidine rings is 1. The third kappa shape index (κ3) is 4.05. The topological polar surface area (TPSA) is 22.6 Å². The van der Waals surface area contributed by atoms with E-state index in [1.165, 1.54) is 24.9 Å². The van der Waals surface area contributed by atoms with Gasteiger partial charge in [-0.2, -0.15) is 0 Å². The molecule has 0 N–H and O–H groups in total. The lowest BCUT2D eigenvalue weighted by molar-refractivity contribution is 0.0886. The van der Waals surface area contributed by atoms with Crippen molar-refractivity contribution in [3.05, 3.63) is 60.2 Å². The van der Waals surface area contributed by atoms with Gasteiger partial charge in [0, 0.05) is 57.7 Å². The van der Waals surface area contributed by atoms with E-state index in [0.29, 0.717) is 6.04 Å². The van der Waals surface area contributed by atoms with E-state index in [9.17, 15) is 4.39 Å².